The molecule has 1 aromatic rings. The Balaban J connectivity index is 1.62. The largest absolute Gasteiger partial charge is 0.381 e. The second-order valence-corrected chi connectivity index (χ2v) is 7.69. The van der Waals surface area contributed by atoms with Crippen LogP contribution in [0.2, 0.25) is 0 Å². The zero-order chi connectivity index (χ0) is 18.4. The van der Waals surface area contributed by atoms with Gasteiger partial charge in [0.2, 0.25) is 5.91 Å². The first-order valence-electron chi connectivity index (χ1n) is 9.73. The van der Waals surface area contributed by atoms with E-state index in [0.29, 0.717) is 38.6 Å². The molecule has 3 heterocycles. The van der Waals surface area contributed by atoms with Gasteiger partial charge < -0.3 is 24.6 Å². The van der Waals surface area contributed by atoms with Gasteiger partial charge >= 0.3 is 0 Å². The highest BCUT2D eigenvalue weighted by Gasteiger charge is 2.41. The fourth-order valence-corrected chi connectivity index (χ4v) is 3.75. The van der Waals surface area contributed by atoms with Gasteiger partial charge in [0.05, 0.1) is 30.4 Å². The van der Waals surface area contributed by atoms with Crippen LogP contribution in [0.3, 0.4) is 0 Å². The van der Waals surface area contributed by atoms with Crippen molar-refractivity contribution in [1.82, 2.24) is 15.8 Å². The van der Waals surface area contributed by atoms with Crippen LogP contribution in [0.5, 0.6) is 0 Å². The highest BCUT2D eigenvalue weighted by molar-refractivity contribution is 5.83. The molecule has 2 aliphatic heterocycles. The van der Waals surface area contributed by atoms with Crippen molar-refractivity contribution in [3.63, 3.8) is 0 Å². The number of carbonyl (C=O) groups excluding carboxylic acids is 1. The molecule has 0 spiro atoms. The number of nitrogens with zero attached hydrogens (tertiary/aromatic N) is 1. The summed E-state index contributed by atoms with van der Waals surface area (Å²) in [7, 11) is 0. The Labute approximate surface area is 155 Å². The van der Waals surface area contributed by atoms with Crippen molar-refractivity contribution in [3.05, 3.63) is 17.5 Å². The summed E-state index contributed by atoms with van der Waals surface area (Å²) in [6.07, 6.45) is 3.55. The van der Waals surface area contributed by atoms with Crippen molar-refractivity contribution >= 4 is 5.91 Å². The van der Waals surface area contributed by atoms with Crippen molar-refractivity contribution in [2.24, 2.45) is 5.41 Å². The minimum atomic E-state index is -0.487. The van der Waals surface area contributed by atoms with E-state index >= 15 is 0 Å². The van der Waals surface area contributed by atoms with E-state index in [9.17, 15) is 4.79 Å². The van der Waals surface area contributed by atoms with Crippen LogP contribution in [0, 0.1) is 5.41 Å². The van der Waals surface area contributed by atoms with Gasteiger partial charge in [0, 0.05) is 38.1 Å². The second kappa shape index (κ2) is 8.97. The van der Waals surface area contributed by atoms with Crippen molar-refractivity contribution in [2.45, 2.75) is 51.6 Å². The zero-order valence-electron chi connectivity index (χ0n) is 15.9. The quantitative estimate of drug-likeness (QED) is 0.681. The molecule has 0 unspecified atom stereocenters. The smallest absolute Gasteiger partial charge is 0.228 e. The fraction of sp³-hybridized carbons (Fsp3) is 0.789. The molecule has 146 valence electrons. The maximum Gasteiger partial charge on any atom is 0.228 e. The third-order valence-corrected chi connectivity index (χ3v) is 5.23. The first kappa shape index (κ1) is 19.3. The monoisotopic (exact) mass is 365 g/mol. The Morgan fingerprint density at radius 1 is 1.54 bits per heavy atom. The summed E-state index contributed by atoms with van der Waals surface area (Å²) >= 11 is 0. The Hall–Kier alpha value is -1.44. The molecule has 1 amide bonds. The van der Waals surface area contributed by atoms with Gasteiger partial charge in [-0.25, -0.2) is 0 Å². The van der Waals surface area contributed by atoms with Gasteiger partial charge in [-0.1, -0.05) is 5.16 Å². The van der Waals surface area contributed by atoms with Crippen LogP contribution < -0.4 is 10.6 Å². The number of amides is 1. The van der Waals surface area contributed by atoms with Crippen LogP contribution in [-0.2, 0) is 20.7 Å². The molecule has 0 aromatic carbocycles. The molecule has 2 N–H and O–H groups in total. The summed E-state index contributed by atoms with van der Waals surface area (Å²) in [4.78, 5) is 12.9. The number of piperidine rings is 1. The highest BCUT2D eigenvalue weighted by Crippen LogP contribution is 2.33. The van der Waals surface area contributed by atoms with E-state index in [4.69, 9.17) is 14.0 Å². The lowest BCUT2D eigenvalue weighted by molar-refractivity contribution is -0.132. The molecule has 26 heavy (non-hydrogen) atoms. The molecule has 0 aliphatic carbocycles. The van der Waals surface area contributed by atoms with Crippen LogP contribution in [0.4, 0.5) is 0 Å². The molecule has 2 saturated heterocycles. The number of hydrogen-bond donors (Lipinski definition) is 2. The van der Waals surface area contributed by atoms with Crippen LogP contribution in [0.1, 0.15) is 50.5 Å². The summed E-state index contributed by atoms with van der Waals surface area (Å²) in [5.74, 6) is 1.17. The summed E-state index contributed by atoms with van der Waals surface area (Å²) in [6, 6.07) is 2.00. The van der Waals surface area contributed by atoms with Crippen molar-refractivity contribution in [1.29, 1.82) is 0 Å². The minimum absolute atomic E-state index is 0.0687. The van der Waals surface area contributed by atoms with Crippen LogP contribution >= 0.6 is 0 Å². The number of aromatic nitrogens is 1. The van der Waals surface area contributed by atoms with Crippen molar-refractivity contribution in [2.75, 3.05) is 39.5 Å². The Bertz CT molecular complexity index is 575. The highest BCUT2D eigenvalue weighted by atomic mass is 16.5. The van der Waals surface area contributed by atoms with E-state index in [1.807, 2.05) is 19.9 Å². The van der Waals surface area contributed by atoms with Crippen molar-refractivity contribution in [3.8, 4) is 0 Å². The van der Waals surface area contributed by atoms with E-state index < -0.39 is 5.41 Å². The topological polar surface area (TPSA) is 85.6 Å². The standard InChI is InChI=1S/C19H31N3O4/c1-14(2)25-9-7-21-18(23)19(5-3-6-20-13-19)11-16-10-17(22-26-16)15-4-8-24-12-15/h10,14-15,20H,3-9,11-13H2,1-2H3,(H,21,23)/t15-,19-/m1/s1. The van der Waals surface area contributed by atoms with Crippen LogP contribution in [0.25, 0.3) is 0 Å². The van der Waals surface area contributed by atoms with Crippen LogP contribution in [-0.4, -0.2) is 56.6 Å². The number of ether oxygens (including phenoxy) is 2. The zero-order valence-corrected chi connectivity index (χ0v) is 15.9. The Morgan fingerprint density at radius 2 is 2.42 bits per heavy atom. The van der Waals surface area contributed by atoms with E-state index in [1.54, 1.807) is 0 Å². The van der Waals surface area contributed by atoms with Gasteiger partial charge in [0.1, 0.15) is 5.76 Å². The van der Waals surface area contributed by atoms with Crippen LogP contribution in [0.15, 0.2) is 10.6 Å². The molecule has 2 aliphatic rings. The summed E-state index contributed by atoms with van der Waals surface area (Å²) < 4.78 is 16.5. The minimum Gasteiger partial charge on any atom is -0.381 e. The molecule has 2 fully saturated rings. The summed E-state index contributed by atoms with van der Waals surface area (Å²) in [6.45, 7) is 8.13. The average molecular weight is 365 g/mol. The van der Waals surface area contributed by atoms with Gasteiger partial charge in [-0.2, -0.15) is 0 Å². The number of rotatable bonds is 8. The van der Waals surface area contributed by atoms with E-state index in [-0.39, 0.29) is 12.0 Å². The second-order valence-electron chi connectivity index (χ2n) is 7.69. The molecule has 0 bridgehead atoms. The first-order valence-corrected chi connectivity index (χ1v) is 9.73. The predicted molar refractivity (Wildman–Crippen MR) is 97.0 cm³/mol. The fourth-order valence-electron chi connectivity index (χ4n) is 3.75. The van der Waals surface area contributed by atoms with Gasteiger partial charge in [-0.05, 0) is 39.7 Å². The SMILES string of the molecule is CC(C)OCCNC(=O)[C@@]1(Cc2cc([C@@H]3CCOC3)no2)CCCNC1. The number of carbonyl (C=O) groups is 1. The molecule has 1 aromatic heterocycles. The van der Waals surface area contributed by atoms with Crippen molar-refractivity contribution < 1.29 is 18.8 Å². The predicted octanol–water partition coefficient (Wildman–Crippen LogP) is 1.63. The number of nitrogens with one attached hydrogen (secondary N) is 2. The van der Waals surface area contributed by atoms with Gasteiger partial charge in [-0.3, -0.25) is 4.79 Å². The van der Waals surface area contributed by atoms with E-state index in [0.717, 1.165) is 43.9 Å². The number of hydrogen-bond acceptors (Lipinski definition) is 6. The molecule has 0 saturated carbocycles. The molecule has 2 atom stereocenters. The Morgan fingerprint density at radius 3 is 3.12 bits per heavy atom. The summed E-state index contributed by atoms with van der Waals surface area (Å²) in [5.41, 5.74) is 0.459. The maximum atomic E-state index is 12.9. The van der Waals surface area contributed by atoms with E-state index in [2.05, 4.69) is 15.8 Å². The summed E-state index contributed by atoms with van der Waals surface area (Å²) in [5, 5.41) is 10.6. The third-order valence-electron chi connectivity index (χ3n) is 5.23. The lowest BCUT2D eigenvalue weighted by atomic mass is 9.76. The molecule has 3 rings (SSSR count). The van der Waals surface area contributed by atoms with Gasteiger partial charge in [0.25, 0.3) is 0 Å². The average Bonchev–Trinajstić information content (AvgIpc) is 3.30. The lowest BCUT2D eigenvalue weighted by Crippen LogP contribution is -2.52. The molecular formula is C19H31N3O4. The molecule has 7 nitrogen and oxygen atoms in total. The Kier molecular flexibility index (Phi) is 6.67. The molecule has 7 heteroatoms. The first-order chi connectivity index (χ1) is 12.6. The van der Waals surface area contributed by atoms with Gasteiger partial charge in [0.15, 0.2) is 0 Å². The maximum absolute atomic E-state index is 12.9. The normalized spacial score (nSPS) is 26.3. The van der Waals surface area contributed by atoms with E-state index in [1.165, 1.54) is 0 Å². The molecule has 0 radical (unpaired) electrons. The lowest BCUT2D eigenvalue weighted by Gasteiger charge is -2.35. The van der Waals surface area contributed by atoms with Gasteiger partial charge in [-0.15, -0.1) is 0 Å². The third kappa shape index (κ3) is 4.84. The molecular weight excluding hydrogens is 334 g/mol.